The molecule has 1 aliphatic rings. The fourth-order valence-corrected chi connectivity index (χ4v) is 2.89. The van der Waals surface area contributed by atoms with Gasteiger partial charge in [0, 0.05) is 12.0 Å². The number of carbonyl (C=O) groups excluding carboxylic acids is 1. The topological polar surface area (TPSA) is 58.6 Å². The lowest BCUT2D eigenvalue weighted by Crippen LogP contribution is -2.33. The molecule has 0 heterocycles. The Kier molecular flexibility index (Phi) is 4.53. The largest absolute Gasteiger partial charge is 0.494 e. The molecule has 1 atom stereocenters. The smallest absolute Gasteiger partial charge is 0.254 e. The van der Waals surface area contributed by atoms with Crippen LogP contribution < -0.4 is 10.1 Å². The summed E-state index contributed by atoms with van der Waals surface area (Å²) in [7, 11) is 1.36. The maximum Gasteiger partial charge on any atom is 0.254 e. The molecule has 24 heavy (non-hydrogen) atoms. The highest BCUT2D eigenvalue weighted by Gasteiger charge is 2.49. The van der Waals surface area contributed by atoms with E-state index in [9.17, 15) is 14.3 Å². The number of amides is 1. The lowest BCUT2D eigenvalue weighted by molar-refractivity contribution is 0.0805. The van der Waals surface area contributed by atoms with Crippen molar-refractivity contribution in [3.63, 3.8) is 0 Å². The molecule has 1 fully saturated rings. The van der Waals surface area contributed by atoms with Gasteiger partial charge in [-0.1, -0.05) is 36.4 Å². The minimum atomic E-state index is -0.675. The third-order valence-corrected chi connectivity index (χ3v) is 4.62. The van der Waals surface area contributed by atoms with Crippen LogP contribution in [-0.4, -0.2) is 24.7 Å². The number of benzene rings is 2. The highest BCUT2D eigenvalue weighted by atomic mass is 19.1. The summed E-state index contributed by atoms with van der Waals surface area (Å²) in [5, 5.41) is 13.3. The van der Waals surface area contributed by atoms with Gasteiger partial charge in [0.15, 0.2) is 11.6 Å². The molecule has 4 nitrogen and oxygen atoms in total. The Morgan fingerprint density at radius 2 is 1.96 bits per heavy atom. The number of rotatable bonds is 6. The number of halogens is 1. The molecule has 1 amide bonds. The standard InChI is InChI=1S/C19H20FNO3/c1-24-15-9-5-8-14(16(15)20)18(23)21-12-19(10-11-19)17(22)13-6-3-2-4-7-13/h2-9,17,22H,10-12H2,1H3,(H,21,23). The average Bonchev–Trinajstić information content (AvgIpc) is 3.41. The van der Waals surface area contributed by atoms with Crippen LogP contribution in [-0.2, 0) is 0 Å². The Labute approximate surface area is 140 Å². The zero-order chi connectivity index (χ0) is 17.2. The Balaban J connectivity index is 1.68. The number of aliphatic hydroxyl groups is 1. The van der Waals surface area contributed by atoms with E-state index in [0.29, 0.717) is 6.54 Å². The van der Waals surface area contributed by atoms with E-state index in [1.165, 1.54) is 19.2 Å². The first kappa shape index (κ1) is 16.5. The van der Waals surface area contributed by atoms with E-state index in [0.717, 1.165) is 18.4 Å². The van der Waals surface area contributed by atoms with E-state index in [-0.39, 0.29) is 16.7 Å². The first-order valence-corrected chi connectivity index (χ1v) is 7.91. The summed E-state index contributed by atoms with van der Waals surface area (Å²) < 4.78 is 19.0. The van der Waals surface area contributed by atoms with Gasteiger partial charge in [-0.05, 0) is 30.5 Å². The van der Waals surface area contributed by atoms with Crippen LogP contribution in [0.25, 0.3) is 0 Å². The predicted octanol–water partition coefficient (Wildman–Crippen LogP) is 3.08. The van der Waals surface area contributed by atoms with E-state index >= 15 is 0 Å². The Bertz CT molecular complexity index is 729. The van der Waals surface area contributed by atoms with Gasteiger partial charge in [0.05, 0.1) is 18.8 Å². The third kappa shape index (κ3) is 3.12. The monoisotopic (exact) mass is 329 g/mol. The Hall–Kier alpha value is -2.40. The van der Waals surface area contributed by atoms with Crippen molar-refractivity contribution in [2.45, 2.75) is 18.9 Å². The third-order valence-electron chi connectivity index (χ3n) is 4.62. The van der Waals surface area contributed by atoms with Gasteiger partial charge in [-0.15, -0.1) is 0 Å². The maximum atomic E-state index is 14.1. The van der Waals surface area contributed by atoms with Gasteiger partial charge in [-0.25, -0.2) is 4.39 Å². The quantitative estimate of drug-likeness (QED) is 0.856. The fourth-order valence-electron chi connectivity index (χ4n) is 2.89. The predicted molar refractivity (Wildman–Crippen MR) is 88.4 cm³/mol. The fraction of sp³-hybridized carbons (Fsp3) is 0.316. The summed E-state index contributed by atoms with van der Waals surface area (Å²) in [5.41, 5.74) is 0.406. The lowest BCUT2D eigenvalue weighted by atomic mass is 9.92. The highest BCUT2D eigenvalue weighted by Crippen LogP contribution is 2.54. The van der Waals surface area contributed by atoms with Crippen LogP contribution in [0.4, 0.5) is 4.39 Å². The molecule has 1 unspecified atom stereocenters. The number of carbonyl (C=O) groups is 1. The van der Waals surface area contributed by atoms with Crippen molar-refractivity contribution >= 4 is 5.91 Å². The number of aliphatic hydroxyl groups excluding tert-OH is 1. The van der Waals surface area contributed by atoms with Gasteiger partial charge < -0.3 is 15.2 Å². The van der Waals surface area contributed by atoms with Crippen molar-refractivity contribution in [2.24, 2.45) is 5.41 Å². The molecular formula is C19H20FNO3. The molecule has 5 heteroatoms. The number of nitrogens with one attached hydrogen (secondary N) is 1. The summed E-state index contributed by atoms with van der Waals surface area (Å²) >= 11 is 0. The molecular weight excluding hydrogens is 309 g/mol. The van der Waals surface area contributed by atoms with E-state index in [1.54, 1.807) is 6.07 Å². The molecule has 0 bridgehead atoms. The van der Waals surface area contributed by atoms with Gasteiger partial charge >= 0.3 is 0 Å². The molecule has 2 aromatic rings. The van der Waals surface area contributed by atoms with Gasteiger partial charge in [-0.3, -0.25) is 4.79 Å². The van der Waals surface area contributed by atoms with Crippen molar-refractivity contribution < 1.29 is 19.0 Å². The van der Waals surface area contributed by atoms with Crippen LogP contribution in [0.1, 0.15) is 34.9 Å². The number of hydrogen-bond acceptors (Lipinski definition) is 3. The maximum absolute atomic E-state index is 14.1. The van der Waals surface area contributed by atoms with Gasteiger partial charge in [0.2, 0.25) is 0 Å². The number of hydrogen-bond donors (Lipinski definition) is 2. The van der Waals surface area contributed by atoms with Crippen LogP contribution in [0.5, 0.6) is 5.75 Å². The molecule has 3 rings (SSSR count). The lowest BCUT2D eigenvalue weighted by Gasteiger charge is -2.23. The van der Waals surface area contributed by atoms with Crippen LogP contribution >= 0.6 is 0 Å². The second-order valence-electron chi connectivity index (χ2n) is 6.18. The summed E-state index contributed by atoms with van der Waals surface area (Å²) in [6, 6.07) is 13.8. The molecule has 2 aromatic carbocycles. The summed E-state index contributed by atoms with van der Waals surface area (Å²) in [6.07, 6.45) is 1.00. The van der Waals surface area contributed by atoms with Crippen molar-refractivity contribution in [1.82, 2.24) is 5.32 Å². The summed E-state index contributed by atoms with van der Waals surface area (Å²) in [6.45, 7) is 0.304. The van der Waals surface area contributed by atoms with Crippen LogP contribution in [0.15, 0.2) is 48.5 Å². The van der Waals surface area contributed by atoms with Crippen LogP contribution in [0.3, 0.4) is 0 Å². The molecule has 126 valence electrons. The Morgan fingerprint density at radius 3 is 2.58 bits per heavy atom. The average molecular weight is 329 g/mol. The van der Waals surface area contributed by atoms with Crippen molar-refractivity contribution in [3.05, 3.63) is 65.5 Å². The minimum absolute atomic E-state index is 0.0353. The van der Waals surface area contributed by atoms with Crippen molar-refractivity contribution in [1.29, 1.82) is 0 Å². The van der Waals surface area contributed by atoms with Crippen LogP contribution in [0, 0.1) is 11.2 Å². The summed E-state index contributed by atoms with van der Waals surface area (Å²) in [5.74, 6) is -1.14. The molecule has 0 aliphatic heterocycles. The van der Waals surface area contributed by atoms with E-state index in [2.05, 4.69) is 5.32 Å². The molecule has 0 saturated heterocycles. The van der Waals surface area contributed by atoms with E-state index in [4.69, 9.17) is 4.74 Å². The van der Waals surface area contributed by atoms with Gasteiger partial charge in [0.25, 0.3) is 5.91 Å². The molecule has 2 N–H and O–H groups in total. The normalized spacial score (nSPS) is 16.3. The molecule has 0 radical (unpaired) electrons. The van der Waals surface area contributed by atoms with Crippen LogP contribution in [0.2, 0.25) is 0 Å². The van der Waals surface area contributed by atoms with E-state index in [1.807, 2.05) is 30.3 Å². The first-order chi connectivity index (χ1) is 11.6. The number of methoxy groups -OCH3 is 1. The molecule has 1 aliphatic carbocycles. The molecule has 0 aromatic heterocycles. The zero-order valence-electron chi connectivity index (χ0n) is 13.5. The Morgan fingerprint density at radius 1 is 1.25 bits per heavy atom. The highest BCUT2D eigenvalue weighted by molar-refractivity contribution is 5.95. The molecule has 0 spiro atoms. The number of ether oxygens (including phenoxy) is 1. The second kappa shape index (κ2) is 6.61. The van der Waals surface area contributed by atoms with Crippen molar-refractivity contribution in [2.75, 3.05) is 13.7 Å². The second-order valence-corrected chi connectivity index (χ2v) is 6.18. The molecule has 1 saturated carbocycles. The zero-order valence-corrected chi connectivity index (χ0v) is 13.5. The van der Waals surface area contributed by atoms with Crippen molar-refractivity contribution in [3.8, 4) is 5.75 Å². The van der Waals surface area contributed by atoms with Gasteiger partial charge in [0.1, 0.15) is 0 Å². The SMILES string of the molecule is COc1cccc(C(=O)NCC2(C(O)c3ccccc3)CC2)c1F. The van der Waals surface area contributed by atoms with Gasteiger partial charge in [-0.2, -0.15) is 0 Å². The summed E-state index contributed by atoms with van der Waals surface area (Å²) in [4.78, 5) is 12.3. The first-order valence-electron chi connectivity index (χ1n) is 7.91. The van der Waals surface area contributed by atoms with E-state index < -0.39 is 17.8 Å². The minimum Gasteiger partial charge on any atom is -0.494 e.